The lowest BCUT2D eigenvalue weighted by molar-refractivity contribution is 0.0533. The molecule has 0 atom stereocenters. The largest absolute Gasteiger partial charge is 0.462 e. The van der Waals surface area contributed by atoms with Crippen molar-refractivity contribution in [1.29, 1.82) is 0 Å². The van der Waals surface area contributed by atoms with E-state index in [1.807, 2.05) is 30.3 Å². The molecule has 0 spiro atoms. The van der Waals surface area contributed by atoms with Crippen LogP contribution in [0.1, 0.15) is 27.9 Å². The second-order valence-electron chi connectivity index (χ2n) is 4.94. The Morgan fingerprint density at radius 3 is 2.65 bits per heavy atom. The van der Waals surface area contributed by atoms with Crippen molar-refractivity contribution in [3.63, 3.8) is 0 Å². The van der Waals surface area contributed by atoms with Crippen molar-refractivity contribution in [3.05, 3.63) is 46.5 Å². The number of carbonyl (C=O) groups is 1. The maximum absolute atomic E-state index is 12.0. The summed E-state index contributed by atoms with van der Waals surface area (Å²) in [5, 5.41) is 0.677. The average molecular weight is 328 g/mol. The monoisotopic (exact) mass is 328 g/mol. The second kappa shape index (κ2) is 6.21. The number of nitrogens with two attached hydrogens (primary N) is 2. The van der Waals surface area contributed by atoms with Gasteiger partial charge in [-0.25, -0.2) is 14.8 Å². The van der Waals surface area contributed by atoms with Crippen molar-refractivity contribution in [1.82, 2.24) is 9.97 Å². The molecule has 118 valence electrons. The molecular formula is C16H16N4O2S. The van der Waals surface area contributed by atoms with E-state index < -0.39 is 5.97 Å². The van der Waals surface area contributed by atoms with Crippen LogP contribution in [0.25, 0.3) is 10.2 Å². The number of rotatable bonds is 4. The van der Waals surface area contributed by atoms with Gasteiger partial charge in [-0.05, 0) is 12.5 Å². The first-order valence-corrected chi connectivity index (χ1v) is 7.97. The first-order valence-electron chi connectivity index (χ1n) is 7.15. The van der Waals surface area contributed by atoms with Crippen LogP contribution in [0, 0.1) is 0 Å². The molecule has 0 saturated heterocycles. The molecule has 0 radical (unpaired) electrons. The van der Waals surface area contributed by atoms with Gasteiger partial charge in [0.05, 0.1) is 23.4 Å². The Morgan fingerprint density at radius 2 is 1.96 bits per heavy atom. The van der Waals surface area contributed by atoms with Crippen LogP contribution >= 0.6 is 11.3 Å². The van der Waals surface area contributed by atoms with E-state index in [1.165, 1.54) is 11.3 Å². The van der Waals surface area contributed by atoms with E-state index in [4.69, 9.17) is 16.2 Å². The number of fused-ring (bicyclic) bond motifs is 1. The Bertz CT molecular complexity index is 861. The lowest BCUT2D eigenvalue weighted by atomic mass is 10.1. The van der Waals surface area contributed by atoms with Crippen molar-refractivity contribution in [2.45, 2.75) is 13.3 Å². The number of nitrogens with zero attached hydrogens (tertiary/aromatic N) is 2. The van der Waals surface area contributed by atoms with Crippen molar-refractivity contribution >= 4 is 39.2 Å². The molecule has 0 amide bonds. The zero-order valence-electron chi connectivity index (χ0n) is 12.6. The molecule has 2 heterocycles. The summed E-state index contributed by atoms with van der Waals surface area (Å²) in [6.07, 6.45) is 0.563. The Balaban J connectivity index is 2.12. The van der Waals surface area contributed by atoms with Gasteiger partial charge in [-0.3, -0.25) is 0 Å². The molecule has 0 aliphatic heterocycles. The van der Waals surface area contributed by atoms with E-state index in [0.717, 1.165) is 5.56 Å². The van der Waals surface area contributed by atoms with Crippen LogP contribution in [0.2, 0.25) is 0 Å². The molecule has 0 bridgehead atoms. The molecule has 0 saturated carbocycles. The van der Waals surface area contributed by atoms with E-state index in [1.54, 1.807) is 6.92 Å². The maximum Gasteiger partial charge on any atom is 0.350 e. The van der Waals surface area contributed by atoms with Gasteiger partial charge in [0.2, 0.25) is 5.95 Å². The number of thiophene rings is 1. The number of benzene rings is 1. The van der Waals surface area contributed by atoms with Crippen molar-refractivity contribution in [3.8, 4) is 0 Å². The summed E-state index contributed by atoms with van der Waals surface area (Å²) in [7, 11) is 0. The van der Waals surface area contributed by atoms with Gasteiger partial charge in [0, 0.05) is 6.42 Å². The Kier molecular flexibility index (Phi) is 4.12. The fourth-order valence-corrected chi connectivity index (χ4v) is 3.39. The summed E-state index contributed by atoms with van der Waals surface area (Å²) in [6, 6.07) is 9.86. The molecule has 0 unspecified atom stereocenters. The highest BCUT2D eigenvalue weighted by Gasteiger charge is 2.21. The van der Waals surface area contributed by atoms with E-state index >= 15 is 0 Å². The Morgan fingerprint density at radius 1 is 1.22 bits per heavy atom. The number of anilines is 2. The molecule has 0 aliphatic rings. The third-order valence-electron chi connectivity index (χ3n) is 3.36. The molecule has 2 aromatic heterocycles. The first kappa shape index (κ1) is 15.2. The highest BCUT2D eigenvalue weighted by Crippen LogP contribution is 2.35. The van der Waals surface area contributed by atoms with Crippen LogP contribution in [-0.4, -0.2) is 22.5 Å². The number of ether oxygens (including phenoxy) is 1. The lowest BCUT2D eigenvalue weighted by Gasteiger charge is -2.05. The van der Waals surface area contributed by atoms with Gasteiger partial charge in [-0.2, -0.15) is 0 Å². The smallest absolute Gasteiger partial charge is 0.350 e. The number of carbonyl (C=O) groups excluding carboxylic acids is 1. The standard InChI is InChI=1S/C16H16N4O2S/c1-2-22-15(21)13-12(17)11-10(8-9-6-4-3-5-7-9)19-16(18)20-14(11)23-13/h3-7H,2,8,17H2,1H3,(H2,18,19,20). The predicted octanol–water partition coefficient (Wildman–Crippen LogP) is 2.62. The number of nitrogen functional groups attached to an aromatic ring is 2. The van der Waals surface area contributed by atoms with Crippen LogP contribution in [0.3, 0.4) is 0 Å². The molecule has 1 aromatic carbocycles. The summed E-state index contributed by atoms with van der Waals surface area (Å²) in [5.74, 6) is -0.280. The molecule has 7 heteroatoms. The van der Waals surface area contributed by atoms with Gasteiger partial charge >= 0.3 is 5.97 Å². The molecule has 3 aromatic rings. The van der Waals surface area contributed by atoms with Crippen molar-refractivity contribution < 1.29 is 9.53 Å². The third kappa shape index (κ3) is 2.95. The first-order chi connectivity index (χ1) is 11.1. The fourth-order valence-electron chi connectivity index (χ4n) is 2.38. The number of hydrogen-bond donors (Lipinski definition) is 2. The Hall–Kier alpha value is -2.67. The molecule has 23 heavy (non-hydrogen) atoms. The van der Waals surface area contributed by atoms with Gasteiger partial charge in [0.15, 0.2) is 0 Å². The van der Waals surface area contributed by atoms with Gasteiger partial charge in [0.1, 0.15) is 9.71 Å². The van der Waals surface area contributed by atoms with Crippen LogP contribution in [0.4, 0.5) is 11.6 Å². The molecule has 0 fully saturated rings. The van der Waals surface area contributed by atoms with E-state index in [2.05, 4.69) is 9.97 Å². The molecule has 4 N–H and O–H groups in total. The number of hydrogen-bond acceptors (Lipinski definition) is 7. The quantitative estimate of drug-likeness (QED) is 0.713. The SMILES string of the molecule is CCOC(=O)c1sc2nc(N)nc(Cc3ccccc3)c2c1N. The Labute approximate surface area is 137 Å². The third-order valence-corrected chi connectivity index (χ3v) is 4.44. The van der Waals surface area contributed by atoms with Gasteiger partial charge < -0.3 is 16.2 Å². The van der Waals surface area contributed by atoms with Crippen molar-refractivity contribution in [2.75, 3.05) is 18.1 Å². The van der Waals surface area contributed by atoms with E-state index in [-0.39, 0.29) is 12.6 Å². The lowest BCUT2D eigenvalue weighted by Crippen LogP contribution is -2.05. The molecular weight excluding hydrogens is 312 g/mol. The van der Waals surface area contributed by atoms with Gasteiger partial charge in [-0.1, -0.05) is 30.3 Å². The predicted molar refractivity (Wildman–Crippen MR) is 91.4 cm³/mol. The van der Waals surface area contributed by atoms with Crippen LogP contribution < -0.4 is 11.5 Å². The minimum atomic E-state index is -0.447. The van der Waals surface area contributed by atoms with E-state index in [9.17, 15) is 4.79 Å². The van der Waals surface area contributed by atoms with Crippen LogP contribution in [0.5, 0.6) is 0 Å². The summed E-state index contributed by atoms with van der Waals surface area (Å²) in [5.41, 5.74) is 14.1. The van der Waals surface area contributed by atoms with Crippen molar-refractivity contribution in [2.24, 2.45) is 0 Å². The zero-order chi connectivity index (χ0) is 16.4. The minimum absolute atomic E-state index is 0.167. The van der Waals surface area contributed by atoms with E-state index in [0.29, 0.717) is 32.9 Å². The highest BCUT2D eigenvalue weighted by molar-refractivity contribution is 7.21. The normalized spacial score (nSPS) is 10.8. The molecule has 6 nitrogen and oxygen atoms in total. The molecule has 0 aliphatic carbocycles. The maximum atomic E-state index is 12.0. The fraction of sp³-hybridized carbons (Fsp3) is 0.188. The summed E-state index contributed by atoms with van der Waals surface area (Å²) in [4.78, 5) is 21.5. The number of aromatic nitrogens is 2. The average Bonchev–Trinajstić information content (AvgIpc) is 2.85. The minimum Gasteiger partial charge on any atom is -0.462 e. The summed E-state index contributed by atoms with van der Waals surface area (Å²) < 4.78 is 5.04. The number of esters is 1. The summed E-state index contributed by atoms with van der Waals surface area (Å²) >= 11 is 1.18. The van der Waals surface area contributed by atoms with Crippen LogP contribution in [-0.2, 0) is 11.2 Å². The summed E-state index contributed by atoms with van der Waals surface area (Å²) in [6.45, 7) is 2.04. The zero-order valence-corrected chi connectivity index (χ0v) is 13.4. The highest BCUT2D eigenvalue weighted by atomic mass is 32.1. The topological polar surface area (TPSA) is 104 Å². The van der Waals surface area contributed by atoms with Gasteiger partial charge in [-0.15, -0.1) is 11.3 Å². The van der Waals surface area contributed by atoms with Crippen LogP contribution in [0.15, 0.2) is 30.3 Å². The second-order valence-corrected chi connectivity index (χ2v) is 5.94. The molecule has 3 rings (SSSR count). The van der Waals surface area contributed by atoms with Gasteiger partial charge in [0.25, 0.3) is 0 Å².